The highest BCUT2D eigenvalue weighted by Gasteiger charge is 2.31. The van der Waals surface area contributed by atoms with Crippen molar-refractivity contribution >= 4 is 19.8 Å². The van der Waals surface area contributed by atoms with Crippen LogP contribution in [0.15, 0.2) is 0 Å². The van der Waals surface area contributed by atoms with Gasteiger partial charge in [0.1, 0.15) is 8.07 Å². The van der Waals surface area contributed by atoms with E-state index in [1.807, 2.05) is 0 Å². The molecule has 1 saturated carbocycles. The molecule has 0 aliphatic heterocycles. The lowest BCUT2D eigenvalue weighted by Gasteiger charge is -2.31. The van der Waals surface area contributed by atoms with E-state index < -0.39 is 8.07 Å². The van der Waals surface area contributed by atoms with Crippen LogP contribution >= 0.6 is 11.8 Å². The van der Waals surface area contributed by atoms with Crippen LogP contribution in [0.25, 0.3) is 0 Å². The van der Waals surface area contributed by atoms with Crippen LogP contribution in [0.2, 0.25) is 18.6 Å². The number of ether oxygens (including phenoxy) is 1. The molecule has 0 aromatic heterocycles. The first-order valence-electron chi connectivity index (χ1n) is 12.2. The maximum atomic E-state index is 5.57. The minimum Gasteiger partial charge on any atom is -0.379 e. The SMILES string of the molecule is CC(C)OCCCSCCCCCCCCCC#C[Si](C)(C)C1CCCCC1. The van der Waals surface area contributed by atoms with E-state index in [9.17, 15) is 0 Å². The Morgan fingerprint density at radius 3 is 2.14 bits per heavy atom. The maximum absolute atomic E-state index is 5.57. The lowest BCUT2D eigenvalue weighted by molar-refractivity contribution is 0.0800. The van der Waals surface area contributed by atoms with Crippen LogP contribution in [-0.2, 0) is 4.74 Å². The van der Waals surface area contributed by atoms with E-state index in [1.54, 1.807) is 0 Å². The third kappa shape index (κ3) is 14.1. The third-order valence-electron chi connectivity index (χ3n) is 6.01. The molecule has 0 spiro atoms. The molecule has 0 aromatic carbocycles. The molecule has 0 N–H and O–H groups in total. The lowest BCUT2D eigenvalue weighted by atomic mass is 10.0. The van der Waals surface area contributed by atoms with Crippen LogP contribution in [0.3, 0.4) is 0 Å². The second kappa shape index (κ2) is 16.8. The molecule has 3 heteroatoms. The van der Waals surface area contributed by atoms with Crippen molar-refractivity contribution in [3.8, 4) is 11.5 Å². The summed E-state index contributed by atoms with van der Waals surface area (Å²) in [5.74, 6) is 6.16. The van der Waals surface area contributed by atoms with E-state index in [2.05, 4.69) is 50.2 Å². The summed E-state index contributed by atoms with van der Waals surface area (Å²) >= 11 is 2.10. The molecular weight excluding hydrogens is 376 g/mol. The number of hydrogen-bond donors (Lipinski definition) is 0. The molecule has 0 aromatic rings. The normalized spacial score (nSPS) is 15.6. The number of rotatable bonds is 15. The summed E-state index contributed by atoms with van der Waals surface area (Å²) in [6, 6.07) is 0. The van der Waals surface area contributed by atoms with Gasteiger partial charge in [-0.2, -0.15) is 11.8 Å². The van der Waals surface area contributed by atoms with E-state index in [-0.39, 0.29) is 0 Å². The first kappa shape index (κ1) is 26.1. The van der Waals surface area contributed by atoms with Crippen LogP contribution in [-0.4, -0.2) is 32.3 Å². The molecule has 1 nitrogen and oxygen atoms in total. The third-order valence-corrected chi connectivity index (χ3v) is 10.6. The summed E-state index contributed by atoms with van der Waals surface area (Å²) in [5, 5.41) is 0. The zero-order valence-electron chi connectivity index (χ0n) is 19.5. The highest BCUT2D eigenvalue weighted by atomic mass is 32.2. The molecule has 0 amide bonds. The highest BCUT2D eigenvalue weighted by Crippen LogP contribution is 2.36. The van der Waals surface area contributed by atoms with Crippen molar-refractivity contribution in [2.75, 3.05) is 18.1 Å². The molecule has 1 aliphatic carbocycles. The Balaban J connectivity index is 1.85. The van der Waals surface area contributed by atoms with Crippen molar-refractivity contribution in [3.63, 3.8) is 0 Å². The number of thioether (sulfide) groups is 1. The molecule has 0 heterocycles. The molecule has 1 aliphatic rings. The van der Waals surface area contributed by atoms with Crippen molar-refractivity contribution in [1.29, 1.82) is 0 Å². The fraction of sp³-hybridized carbons (Fsp3) is 0.920. The summed E-state index contributed by atoms with van der Waals surface area (Å²) in [6.07, 6.45) is 19.7. The number of unbranched alkanes of at least 4 members (excludes halogenated alkanes) is 7. The van der Waals surface area contributed by atoms with Gasteiger partial charge >= 0.3 is 0 Å². The first-order chi connectivity index (χ1) is 13.5. The van der Waals surface area contributed by atoms with Gasteiger partial charge in [0, 0.05) is 13.0 Å². The smallest absolute Gasteiger partial charge is 0.135 e. The quantitative estimate of drug-likeness (QED) is 0.149. The largest absolute Gasteiger partial charge is 0.379 e. The molecule has 164 valence electrons. The van der Waals surface area contributed by atoms with Gasteiger partial charge in [-0.05, 0) is 50.2 Å². The van der Waals surface area contributed by atoms with E-state index in [0.717, 1.165) is 18.6 Å². The fourth-order valence-electron chi connectivity index (χ4n) is 4.10. The molecule has 1 rings (SSSR count). The Bertz CT molecular complexity index is 418. The van der Waals surface area contributed by atoms with Gasteiger partial charge in [-0.15, -0.1) is 11.5 Å². The summed E-state index contributed by atoms with van der Waals surface area (Å²) in [7, 11) is -1.28. The maximum Gasteiger partial charge on any atom is 0.135 e. The second-order valence-electron chi connectivity index (χ2n) is 9.47. The zero-order chi connectivity index (χ0) is 20.5. The summed E-state index contributed by atoms with van der Waals surface area (Å²) in [6.45, 7) is 10.2. The van der Waals surface area contributed by atoms with Gasteiger partial charge in [0.15, 0.2) is 0 Å². The summed E-state index contributed by atoms with van der Waals surface area (Å²) in [4.78, 5) is 0. The van der Waals surface area contributed by atoms with Crippen LogP contribution in [0.1, 0.15) is 104 Å². The van der Waals surface area contributed by atoms with Gasteiger partial charge in [0.2, 0.25) is 0 Å². The van der Waals surface area contributed by atoms with Gasteiger partial charge < -0.3 is 4.74 Å². The molecule has 1 fully saturated rings. The lowest BCUT2D eigenvalue weighted by Crippen LogP contribution is -2.32. The zero-order valence-corrected chi connectivity index (χ0v) is 21.3. The van der Waals surface area contributed by atoms with Gasteiger partial charge in [-0.25, -0.2) is 0 Å². The van der Waals surface area contributed by atoms with Crippen molar-refractivity contribution in [3.05, 3.63) is 0 Å². The molecular formula is C25H48OSSi. The van der Waals surface area contributed by atoms with E-state index >= 15 is 0 Å². The summed E-state index contributed by atoms with van der Waals surface area (Å²) in [5.41, 5.74) is 4.73. The molecule has 0 bridgehead atoms. The molecule has 0 saturated heterocycles. The minimum absolute atomic E-state index is 0.382. The topological polar surface area (TPSA) is 9.23 Å². The monoisotopic (exact) mass is 424 g/mol. The van der Waals surface area contributed by atoms with Crippen LogP contribution < -0.4 is 0 Å². The Labute approximate surface area is 182 Å². The predicted octanol–water partition coefficient (Wildman–Crippen LogP) is 8.24. The van der Waals surface area contributed by atoms with Gasteiger partial charge in [0.25, 0.3) is 0 Å². The molecule has 0 atom stereocenters. The Hall–Kier alpha value is 0.0869. The summed E-state index contributed by atoms with van der Waals surface area (Å²) < 4.78 is 5.57. The molecule has 0 unspecified atom stereocenters. The first-order valence-corrected chi connectivity index (χ1v) is 16.4. The van der Waals surface area contributed by atoms with Crippen molar-refractivity contribution in [1.82, 2.24) is 0 Å². The standard InChI is InChI=1S/C25H48OSSi/c1-24(2)26-20-17-22-27-21-15-10-8-6-5-7-9-11-16-23-28(3,4)25-18-13-12-14-19-25/h24-25H,5-15,17-22H2,1-4H3. The van der Waals surface area contributed by atoms with E-state index in [1.165, 1.54) is 95.0 Å². The minimum atomic E-state index is -1.28. The van der Waals surface area contributed by atoms with Crippen LogP contribution in [0, 0.1) is 11.5 Å². The van der Waals surface area contributed by atoms with Crippen molar-refractivity contribution in [2.24, 2.45) is 0 Å². The van der Waals surface area contributed by atoms with Crippen LogP contribution in [0.4, 0.5) is 0 Å². The average Bonchev–Trinajstić information content (AvgIpc) is 2.68. The van der Waals surface area contributed by atoms with Gasteiger partial charge in [0.05, 0.1) is 6.10 Å². The van der Waals surface area contributed by atoms with Crippen molar-refractivity contribution in [2.45, 2.75) is 128 Å². The fourth-order valence-corrected chi connectivity index (χ4v) is 7.67. The second-order valence-corrected chi connectivity index (χ2v) is 15.2. The van der Waals surface area contributed by atoms with Gasteiger partial charge in [-0.3, -0.25) is 0 Å². The van der Waals surface area contributed by atoms with Gasteiger partial charge in [-0.1, -0.05) is 77.3 Å². The van der Waals surface area contributed by atoms with Crippen LogP contribution in [0.5, 0.6) is 0 Å². The molecule has 28 heavy (non-hydrogen) atoms. The molecule has 0 radical (unpaired) electrons. The van der Waals surface area contributed by atoms with E-state index in [4.69, 9.17) is 4.74 Å². The average molecular weight is 425 g/mol. The van der Waals surface area contributed by atoms with Crippen molar-refractivity contribution < 1.29 is 4.74 Å². The Kier molecular flexibility index (Phi) is 15.7. The van der Waals surface area contributed by atoms with E-state index in [0.29, 0.717) is 6.10 Å². The highest BCUT2D eigenvalue weighted by molar-refractivity contribution is 7.99. The number of hydrogen-bond acceptors (Lipinski definition) is 2. The Morgan fingerprint density at radius 2 is 1.46 bits per heavy atom. The Morgan fingerprint density at radius 1 is 0.857 bits per heavy atom. The predicted molar refractivity (Wildman–Crippen MR) is 132 cm³/mol.